The highest BCUT2D eigenvalue weighted by Gasteiger charge is 2.31. The van der Waals surface area contributed by atoms with Crippen molar-refractivity contribution in [1.82, 2.24) is 4.90 Å². The van der Waals surface area contributed by atoms with Crippen molar-refractivity contribution in [3.8, 4) is 0 Å². The van der Waals surface area contributed by atoms with E-state index in [0.29, 0.717) is 19.6 Å². The van der Waals surface area contributed by atoms with E-state index in [1.165, 1.54) is 11.3 Å². The van der Waals surface area contributed by atoms with Gasteiger partial charge >= 0.3 is 0 Å². The molecule has 0 spiro atoms. The third-order valence-electron chi connectivity index (χ3n) is 3.80. The summed E-state index contributed by atoms with van der Waals surface area (Å²) >= 11 is 7.50. The third kappa shape index (κ3) is 2.92. The Morgan fingerprint density at radius 2 is 2.19 bits per heavy atom. The van der Waals surface area contributed by atoms with Gasteiger partial charge in [0.05, 0.1) is 16.8 Å². The number of hydrogen-bond donors (Lipinski definition) is 1. The predicted molar refractivity (Wildman–Crippen MR) is 88.1 cm³/mol. The number of anilines is 1. The van der Waals surface area contributed by atoms with E-state index >= 15 is 0 Å². The molecule has 0 radical (unpaired) electrons. The highest BCUT2D eigenvalue weighted by molar-refractivity contribution is 7.16. The number of benzene rings is 1. The minimum atomic E-state index is -0.0865. The zero-order chi connectivity index (χ0) is 14.8. The number of halogens is 1. The van der Waals surface area contributed by atoms with Gasteiger partial charge in [0.25, 0.3) is 0 Å². The SMILES string of the molecule is CCN(Cc1ccc(Cl)s1)C(=O)C1CNc2ccccc21. The topological polar surface area (TPSA) is 32.3 Å². The fourth-order valence-electron chi connectivity index (χ4n) is 2.69. The zero-order valence-electron chi connectivity index (χ0n) is 11.8. The van der Waals surface area contributed by atoms with Crippen molar-refractivity contribution in [3.05, 3.63) is 51.2 Å². The summed E-state index contributed by atoms with van der Waals surface area (Å²) in [5.74, 6) is 0.0936. The molecular weight excluding hydrogens is 304 g/mol. The smallest absolute Gasteiger partial charge is 0.232 e. The lowest BCUT2D eigenvalue weighted by atomic mass is 10.00. The number of thiophene rings is 1. The van der Waals surface area contributed by atoms with Gasteiger partial charge in [0.2, 0.25) is 5.91 Å². The number of nitrogens with one attached hydrogen (secondary N) is 1. The number of hydrogen-bond acceptors (Lipinski definition) is 3. The van der Waals surface area contributed by atoms with E-state index in [0.717, 1.165) is 20.5 Å². The molecule has 1 aliphatic rings. The molecule has 0 aliphatic carbocycles. The van der Waals surface area contributed by atoms with Crippen LogP contribution in [-0.4, -0.2) is 23.9 Å². The lowest BCUT2D eigenvalue weighted by Gasteiger charge is -2.23. The fraction of sp³-hybridized carbons (Fsp3) is 0.312. The van der Waals surface area contributed by atoms with Crippen LogP contribution in [0.2, 0.25) is 4.34 Å². The normalized spacial score (nSPS) is 16.4. The predicted octanol–water partition coefficient (Wildman–Crippen LogP) is 3.96. The average molecular weight is 321 g/mol. The molecule has 0 saturated carbocycles. The monoisotopic (exact) mass is 320 g/mol. The number of para-hydroxylation sites is 1. The maximum Gasteiger partial charge on any atom is 0.232 e. The Hall–Kier alpha value is -1.52. The molecule has 1 amide bonds. The Labute approximate surface area is 133 Å². The van der Waals surface area contributed by atoms with E-state index in [4.69, 9.17) is 11.6 Å². The second kappa shape index (κ2) is 6.08. The van der Waals surface area contributed by atoms with Gasteiger partial charge in [0, 0.05) is 23.7 Å². The van der Waals surface area contributed by atoms with Crippen molar-refractivity contribution in [2.75, 3.05) is 18.4 Å². The average Bonchev–Trinajstić information content (AvgIpc) is 3.10. The van der Waals surface area contributed by atoms with Crippen LogP contribution in [0.3, 0.4) is 0 Å². The number of likely N-dealkylation sites (N-methyl/N-ethyl adjacent to an activating group) is 1. The first-order chi connectivity index (χ1) is 10.2. The van der Waals surface area contributed by atoms with Crippen LogP contribution < -0.4 is 5.32 Å². The van der Waals surface area contributed by atoms with Crippen LogP contribution in [0.4, 0.5) is 5.69 Å². The van der Waals surface area contributed by atoms with E-state index in [9.17, 15) is 4.79 Å². The molecule has 1 atom stereocenters. The Morgan fingerprint density at radius 3 is 2.90 bits per heavy atom. The van der Waals surface area contributed by atoms with E-state index < -0.39 is 0 Å². The van der Waals surface area contributed by atoms with Crippen molar-refractivity contribution in [1.29, 1.82) is 0 Å². The minimum absolute atomic E-state index is 0.0865. The van der Waals surface area contributed by atoms with Gasteiger partial charge in [0.1, 0.15) is 0 Å². The maximum absolute atomic E-state index is 12.8. The lowest BCUT2D eigenvalue weighted by molar-refractivity contribution is -0.132. The van der Waals surface area contributed by atoms with E-state index in [1.54, 1.807) is 0 Å². The summed E-state index contributed by atoms with van der Waals surface area (Å²) < 4.78 is 0.765. The quantitative estimate of drug-likeness (QED) is 0.924. The van der Waals surface area contributed by atoms with Crippen LogP contribution in [0.5, 0.6) is 0 Å². The summed E-state index contributed by atoms with van der Waals surface area (Å²) in [6, 6.07) is 11.9. The maximum atomic E-state index is 12.8. The molecule has 1 aliphatic heterocycles. The van der Waals surface area contributed by atoms with Gasteiger partial charge in [0.15, 0.2) is 0 Å². The molecule has 2 aromatic rings. The molecule has 0 saturated heterocycles. The molecule has 0 fully saturated rings. The van der Waals surface area contributed by atoms with Gasteiger partial charge in [-0.05, 0) is 30.7 Å². The van der Waals surface area contributed by atoms with Crippen LogP contribution in [0, 0.1) is 0 Å². The molecule has 1 N–H and O–H groups in total. The summed E-state index contributed by atoms with van der Waals surface area (Å²) in [5.41, 5.74) is 2.18. The van der Waals surface area contributed by atoms with Crippen molar-refractivity contribution in [2.45, 2.75) is 19.4 Å². The summed E-state index contributed by atoms with van der Waals surface area (Å²) in [6.07, 6.45) is 0. The molecule has 5 heteroatoms. The second-order valence-electron chi connectivity index (χ2n) is 5.08. The van der Waals surface area contributed by atoms with Crippen LogP contribution >= 0.6 is 22.9 Å². The highest BCUT2D eigenvalue weighted by Crippen LogP contribution is 2.33. The van der Waals surface area contributed by atoms with Crippen LogP contribution in [-0.2, 0) is 11.3 Å². The Morgan fingerprint density at radius 1 is 1.38 bits per heavy atom. The first-order valence-corrected chi connectivity index (χ1v) is 8.24. The second-order valence-corrected chi connectivity index (χ2v) is 6.88. The molecule has 3 rings (SSSR count). The number of fused-ring (bicyclic) bond motifs is 1. The first kappa shape index (κ1) is 14.4. The van der Waals surface area contributed by atoms with Gasteiger partial charge in [-0.3, -0.25) is 4.79 Å². The van der Waals surface area contributed by atoms with E-state index in [2.05, 4.69) is 5.32 Å². The first-order valence-electron chi connectivity index (χ1n) is 7.05. The number of carbonyl (C=O) groups is 1. The fourth-order valence-corrected chi connectivity index (χ4v) is 3.80. The standard InChI is InChI=1S/C16H17ClN2OS/c1-2-19(10-11-7-8-15(17)21-11)16(20)13-9-18-14-6-4-3-5-12(13)14/h3-8,13,18H,2,9-10H2,1H3. The molecule has 1 aromatic heterocycles. The van der Waals surface area contributed by atoms with E-state index in [-0.39, 0.29) is 11.8 Å². The largest absolute Gasteiger partial charge is 0.384 e. The van der Waals surface area contributed by atoms with E-state index in [1.807, 2.05) is 48.2 Å². The molecule has 2 heterocycles. The summed E-state index contributed by atoms with van der Waals surface area (Å²) in [4.78, 5) is 15.8. The summed E-state index contributed by atoms with van der Waals surface area (Å²) in [5, 5.41) is 3.31. The Bertz CT molecular complexity index is 655. The van der Waals surface area contributed by atoms with Crippen LogP contribution in [0.25, 0.3) is 0 Å². The number of carbonyl (C=O) groups excluding carboxylic acids is 1. The zero-order valence-corrected chi connectivity index (χ0v) is 13.4. The molecule has 21 heavy (non-hydrogen) atoms. The number of amides is 1. The van der Waals surface area contributed by atoms with Crippen molar-refractivity contribution < 1.29 is 4.79 Å². The van der Waals surface area contributed by atoms with Crippen molar-refractivity contribution >= 4 is 34.5 Å². The van der Waals surface area contributed by atoms with Crippen molar-refractivity contribution in [3.63, 3.8) is 0 Å². The van der Waals surface area contributed by atoms with Crippen molar-refractivity contribution in [2.24, 2.45) is 0 Å². The number of nitrogens with zero attached hydrogens (tertiary/aromatic N) is 1. The van der Waals surface area contributed by atoms with Crippen LogP contribution in [0.1, 0.15) is 23.3 Å². The van der Waals surface area contributed by atoms with Gasteiger partial charge < -0.3 is 10.2 Å². The van der Waals surface area contributed by atoms with Crippen LogP contribution in [0.15, 0.2) is 36.4 Å². The number of rotatable bonds is 4. The minimum Gasteiger partial charge on any atom is -0.384 e. The molecular formula is C16H17ClN2OS. The lowest BCUT2D eigenvalue weighted by Crippen LogP contribution is -2.35. The molecule has 110 valence electrons. The summed E-state index contributed by atoms with van der Waals surface area (Å²) in [7, 11) is 0. The summed E-state index contributed by atoms with van der Waals surface area (Å²) in [6.45, 7) is 4.03. The van der Waals surface area contributed by atoms with Gasteiger partial charge in [-0.15, -0.1) is 11.3 Å². The third-order valence-corrected chi connectivity index (χ3v) is 5.02. The van der Waals surface area contributed by atoms with Gasteiger partial charge in [-0.25, -0.2) is 0 Å². The van der Waals surface area contributed by atoms with Gasteiger partial charge in [-0.1, -0.05) is 29.8 Å². The molecule has 1 aromatic carbocycles. The Balaban J connectivity index is 1.77. The van der Waals surface area contributed by atoms with Gasteiger partial charge in [-0.2, -0.15) is 0 Å². The molecule has 1 unspecified atom stereocenters. The molecule has 0 bridgehead atoms. The highest BCUT2D eigenvalue weighted by atomic mass is 35.5. The molecule has 3 nitrogen and oxygen atoms in total. The Kier molecular flexibility index (Phi) is 4.17.